The highest BCUT2D eigenvalue weighted by Gasteiger charge is 2.36. The van der Waals surface area contributed by atoms with Crippen molar-refractivity contribution in [1.29, 1.82) is 5.41 Å². The van der Waals surface area contributed by atoms with E-state index in [0.29, 0.717) is 35.6 Å². The van der Waals surface area contributed by atoms with Crippen LogP contribution in [0.5, 0.6) is 5.75 Å². The maximum absolute atomic E-state index is 14.8. The van der Waals surface area contributed by atoms with Gasteiger partial charge in [0.25, 0.3) is 0 Å². The Kier molecular flexibility index (Phi) is 32.5. The van der Waals surface area contributed by atoms with Gasteiger partial charge in [0, 0.05) is 49.6 Å². The number of Topliss-reactive ketones (excluding diaryl/α,β-unsaturated/α-hetero) is 1. The van der Waals surface area contributed by atoms with Crippen molar-refractivity contribution in [3.8, 4) is 18.6 Å². The lowest BCUT2D eigenvalue weighted by molar-refractivity contribution is -0.112. The standard InChI is InChI=1S/C26H35FN4O2.C6H14O.2C2H6.C2H2.CH2O/c1-4-12-31(13-11-30-5-2)14-15-33-21-10-9-18(16-20(21)27)24(28)23-25(29)19-8-6-7-17(3)22(19)26(23)32;1-3-5-7-6-4-2;4*1-2/h6,8-10,16-17,28,30H,4-5,7,11-15,29H2,1-3H3;3-6H2,1-2H3;2*1-2H3;1-2H;1H2. The Bertz CT molecular complexity index is 1140. The Morgan fingerprint density at radius 3 is 2.12 bits per heavy atom. The molecule has 0 radical (unpaired) electrons. The van der Waals surface area contributed by atoms with Crippen LogP contribution < -0.4 is 15.8 Å². The lowest BCUT2D eigenvalue weighted by Gasteiger charge is -2.22. The van der Waals surface area contributed by atoms with Crippen molar-refractivity contribution in [2.45, 2.75) is 88.0 Å². The van der Waals surface area contributed by atoms with Gasteiger partial charge in [-0.1, -0.05) is 74.5 Å². The topological polar surface area (TPSA) is 118 Å². The molecule has 4 N–H and O–H groups in total. The second-order valence-corrected chi connectivity index (χ2v) is 10.2. The molecule has 0 bridgehead atoms. The van der Waals surface area contributed by atoms with E-state index in [-0.39, 0.29) is 28.7 Å². The quantitative estimate of drug-likeness (QED) is 0.0945. The first-order chi connectivity index (χ1) is 23.3. The van der Waals surface area contributed by atoms with Crippen molar-refractivity contribution < 1.29 is 23.5 Å². The number of hydrogen-bond donors (Lipinski definition) is 3. The van der Waals surface area contributed by atoms with Gasteiger partial charge in [0.1, 0.15) is 13.4 Å². The minimum atomic E-state index is -0.553. The first kappa shape index (κ1) is 48.8. The maximum atomic E-state index is 14.8. The first-order valence-corrected chi connectivity index (χ1v) is 17.4. The molecular formula is C39H65FN4O4. The van der Waals surface area contributed by atoms with E-state index in [0.717, 1.165) is 65.1 Å². The Labute approximate surface area is 291 Å². The number of nitrogens with two attached hydrogens (primary N) is 1. The van der Waals surface area contributed by atoms with Gasteiger partial charge in [-0.05, 0) is 62.9 Å². The summed E-state index contributed by atoms with van der Waals surface area (Å²) in [6.45, 7) is 27.1. The highest BCUT2D eigenvalue weighted by atomic mass is 19.1. The zero-order valence-corrected chi connectivity index (χ0v) is 31.3. The molecule has 48 heavy (non-hydrogen) atoms. The summed E-state index contributed by atoms with van der Waals surface area (Å²) in [4.78, 5) is 23.3. The number of ketones is 1. The fraction of sp³-hybridized carbons (Fsp3) is 0.564. The zero-order valence-electron chi connectivity index (χ0n) is 31.3. The molecule has 0 saturated heterocycles. The van der Waals surface area contributed by atoms with E-state index in [2.05, 4.69) is 50.8 Å². The normalized spacial score (nSPS) is 14.0. The van der Waals surface area contributed by atoms with Crippen molar-refractivity contribution in [3.63, 3.8) is 0 Å². The molecule has 1 unspecified atom stereocenters. The summed E-state index contributed by atoms with van der Waals surface area (Å²) < 4.78 is 25.6. The Balaban J connectivity index is -0.00000115. The lowest BCUT2D eigenvalue weighted by atomic mass is 9.87. The molecule has 0 aliphatic heterocycles. The molecule has 3 rings (SSSR count). The average molecular weight is 673 g/mol. The Morgan fingerprint density at radius 2 is 1.62 bits per heavy atom. The van der Waals surface area contributed by atoms with E-state index in [4.69, 9.17) is 25.4 Å². The molecule has 8 nitrogen and oxygen atoms in total. The second-order valence-electron chi connectivity index (χ2n) is 10.2. The number of hydrogen-bond acceptors (Lipinski definition) is 8. The third-order valence-corrected chi connectivity index (χ3v) is 6.82. The van der Waals surface area contributed by atoms with Crippen LogP contribution in [-0.4, -0.2) is 75.7 Å². The molecule has 2 aliphatic rings. The summed E-state index contributed by atoms with van der Waals surface area (Å²) in [5.74, 6) is -0.580. The average Bonchev–Trinajstić information content (AvgIpc) is 3.39. The molecule has 1 atom stereocenters. The minimum Gasteiger partial charge on any atom is -0.489 e. The zero-order chi connectivity index (χ0) is 37.5. The van der Waals surface area contributed by atoms with Gasteiger partial charge in [0.05, 0.1) is 17.0 Å². The SMILES string of the molecule is C#C.C=O.CC.CC.CCCN(CCNCC)CCOc1ccc(C(=N)C2=C(N)C3=C(C2=O)C(C)CC=C3)cc1F.CCCOCCC. The molecule has 0 fully saturated rings. The van der Waals surface area contributed by atoms with Crippen molar-refractivity contribution in [3.05, 3.63) is 64.1 Å². The van der Waals surface area contributed by atoms with Gasteiger partial charge >= 0.3 is 0 Å². The van der Waals surface area contributed by atoms with Crippen LogP contribution in [0.3, 0.4) is 0 Å². The van der Waals surface area contributed by atoms with Gasteiger partial charge in [0.2, 0.25) is 0 Å². The summed E-state index contributed by atoms with van der Waals surface area (Å²) in [5.41, 5.74) is 8.29. The molecule has 0 aromatic heterocycles. The van der Waals surface area contributed by atoms with Crippen LogP contribution in [0.4, 0.5) is 4.39 Å². The molecule has 272 valence electrons. The third kappa shape index (κ3) is 17.0. The summed E-state index contributed by atoms with van der Waals surface area (Å²) in [6.07, 6.45) is 15.9. The van der Waals surface area contributed by atoms with E-state index in [1.54, 1.807) is 6.07 Å². The van der Waals surface area contributed by atoms with Gasteiger partial charge < -0.3 is 25.3 Å². The number of allylic oxidation sites excluding steroid dienone is 4. The molecule has 9 heteroatoms. The smallest absolute Gasteiger partial charge is 0.194 e. The summed E-state index contributed by atoms with van der Waals surface area (Å²) in [5, 5.41) is 11.9. The fourth-order valence-corrected chi connectivity index (χ4v) is 4.74. The highest BCUT2D eigenvalue weighted by Crippen LogP contribution is 2.38. The molecule has 0 saturated carbocycles. The minimum absolute atomic E-state index is 0.0545. The van der Waals surface area contributed by atoms with Crippen LogP contribution in [0.1, 0.15) is 93.6 Å². The number of rotatable bonds is 16. The van der Waals surface area contributed by atoms with E-state index >= 15 is 0 Å². The molecular weight excluding hydrogens is 607 g/mol. The van der Waals surface area contributed by atoms with Crippen molar-refractivity contribution in [2.75, 3.05) is 52.5 Å². The fourth-order valence-electron chi connectivity index (χ4n) is 4.74. The van der Waals surface area contributed by atoms with Crippen LogP contribution in [0.25, 0.3) is 0 Å². The lowest BCUT2D eigenvalue weighted by Crippen LogP contribution is -2.35. The van der Waals surface area contributed by atoms with Gasteiger partial charge in [0.15, 0.2) is 17.3 Å². The van der Waals surface area contributed by atoms with Crippen LogP contribution >= 0.6 is 0 Å². The van der Waals surface area contributed by atoms with Crippen LogP contribution in [0, 0.1) is 30.0 Å². The molecule has 2 aliphatic carbocycles. The predicted molar refractivity (Wildman–Crippen MR) is 201 cm³/mol. The van der Waals surface area contributed by atoms with Gasteiger partial charge in [-0.2, -0.15) is 0 Å². The van der Waals surface area contributed by atoms with Crippen LogP contribution in [-0.2, 0) is 14.3 Å². The molecule has 0 spiro atoms. The number of likely N-dealkylation sites (N-methyl/N-ethyl adjacent to an activating group) is 1. The Hall–Kier alpha value is -3.58. The number of terminal acetylenes is 1. The summed E-state index contributed by atoms with van der Waals surface area (Å²) >= 11 is 0. The maximum Gasteiger partial charge on any atom is 0.194 e. The number of carbonyl (C=O) groups excluding carboxylic acids is 2. The van der Waals surface area contributed by atoms with Crippen molar-refractivity contribution >= 4 is 18.3 Å². The third-order valence-electron chi connectivity index (χ3n) is 6.82. The molecule has 1 aromatic carbocycles. The Morgan fingerprint density at radius 1 is 1.02 bits per heavy atom. The second kappa shape index (κ2) is 32.0. The molecule has 0 heterocycles. The number of halogens is 1. The van der Waals surface area contributed by atoms with E-state index < -0.39 is 5.82 Å². The van der Waals surface area contributed by atoms with Crippen LogP contribution in [0.15, 0.2) is 52.8 Å². The number of nitrogens with one attached hydrogen (secondary N) is 2. The van der Waals surface area contributed by atoms with E-state index in [1.807, 2.05) is 53.6 Å². The van der Waals surface area contributed by atoms with Crippen molar-refractivity contribution in [1.82, 2.24) is 10.2 Å². The monoisotopic (exact) mass is 672 g/mol. The summed E-state index contributed by atoms with van der Waals surface area (Å²) in [7, 11) is 0. The molecule has 0 amide bonds. The molecule has 1 aromatic rings. The van der Waals surface area contributed by atoms with Gasteiger partial charge in [-0.3, -0.25) is 15.1 Å². The highest BCUT2D eigenvalue weighted by molar-refractivity contribution is 6.34. The number of carbonyl (C=O) groups is 2. The largest absolute Gasteiger partial charge is 0.489 e. The number of ether oxygens (including phenoxy) is 2. The first-order valence-electron chi connectivity index (χ1n) is 17.4. The number of benzene rings is 1. The van der Waals surface area contributed by atoms with Crippen LogP contribution in [0.2, 0.25) is 0 Å². The van der Waals surface area contributed by atoms with Gasteiger partial charge in [-0.15, -0.1) is 12.8 Å². The summed E-state index contributed by atoms with van der Waals surface area (Å²) in [6, 6.07) is 4.38. The van der Waals surface area contributed by atoms with E-state index in [9.17, 15) is 9.18 Å². The number of nitrogens with zero attached hydrogens (tertiary/aromatic N) is 1. The van der Waals surface area contributed by atoms with E-state index in [1.165, 1.54) is 12.1 Å². The van der Waals surface area contributed by atoms with Crippen molar-refractivity contribution in [2.24, 2.45) is 11.7 Å². The predicted octanol–water partition coefficient (Wildman–Crippen LogP) is 7.52. The van der Waals surface area contributed by atoms with Gasteiger partial charge in [-0.25, -0.2) is 4.39 Å².